The van der Waals surface area contributed by atoms with Crippen LogP contribution in [0, 0.1) is 23.5 Å². The van der Waals surface area contributed by atoms with Gasteiger partial charge in [0.05, 0.1) is 6.10 Å². The summed E-state index contributed by atoms with van der Waals surface area (Å²) >= 11 is 0. The second kappa shape index (κ2) is 20.2. The highest BCUT2D eigenvalue weighted by molar-refractivity contribution is 5.74. The zero-order valence-corrected chi connectivity index (χ0v) is 32.6. The minimum Gasteiger partial charge on any atom is -0.488 e. The molecule has 0 aliphatic heterocycles. The minimum absolute atomic E-state index is 0.0313. The van der Waals surface area contributed by atoms with E-state index in [0.717, 1.165) is 52.8 Å². The Morgan fingerprint density at radius 3 is 1.68 bits per heavy atom. The van der Waals surface area contributed by atoms with Crippen LogP contribution < -0.4 is 20.1 Å². The zero-order valence-electron chi connectivity index (χ0n) is 32.6. The fourth-order valence-electron chi connectivity index (χ4n) is 7.12. The molecule has 8 nitrogen and oxygen atoms in total. The molecule has 4 aromatic carbocycles. The van der Waals surface area contributed by atoms with Gasteiger partial charge in [0.2, 0.25) is 11.8 Å². The number of halogens is 2. The van der Waals surface area contributed by atoms with Crippen molar-refractivity contribution in [2.45, 2.75) is 90.6 Å². The van der Waals surface area contributed by atoms with Gasteiger partial charge in [-0.2, -0.15) is 0 Å². The topological polar surface area (TPSA) is 117 Å². The van der Waals surface area contributed by atoms with Crippen LogP contribution in [0.1, 0.15) is 64.5 Å². The molecule has 0 heterocycles. The smallest absolute Gasteiger partial charge is 0.216 e. The largest absolute Gasteiger partial charge is 0.488 e. The first-order valence-electron chi connectivity index (χ1n) is 19.5. The fraction of sp³-hybridized carbons (Fsp3) is 0.391. The van der Waals surface area contributed by atoms with E-state index in [0.29, 0.717) is 49.6 Å². The predicted molar refractivity (Wildman–Crippen MR) is 215 cm³/mol. The van der Waals surface area contributed by atoms with Gasteiger partial charge in [-0.05, 0) is 138 Å². The predicted octanol–water partition coefficient (Wildman–Crippen LogP) is 7.98. The molecule has 1 saturated carbocycles. The van der Waals surface area contributed by atoms with E-state index in [-0.39, 0.29) is 35.5 Å². The summed E-state index contributed by atoms with van der Waals surface area (Å²) < 4.78 is 39.7. The average molecular weight is 769 g/mol. The molecule has 0 spiro atoms. The van der Waals surface area contributed by atoms with Crippen molar-refractivity contribution >= 4 is 11.8 Å². The Bertz CT molecular complexity index is 1970. The Balaban J connectivity index is 0.000000215. The van der Waals surface area contributed by atoms with E-state index >= 15 is 0 Å². The first-order chi connectivity index (χ1) is 26.9. The molecule has 0 saturated heterocycles. The number of carbonyl (C=O) groups is 2. The Morgan fingerprint density at radius 2 is 1.20 bits per heavy atom. The zero-order chi connectivity index (χ0) is 40.2. The number of aliphatic hydroxyl groups is 2. The molecule has 4 N–H and O–H groups in total. The van der Waals surface area contributed by atoms with Gasteiger partial charge in [0.25, 0.3) is 0 Å². The molecular formula is C46H54F2N2O6. The van der Waals surface area contributed by atoms with Gasteiger partial charge in [-0.3, -0.25) is 9.59 Å². The summed E-state index contributed by atoms with van der Waals surface area (Å²) in [7, 11) is 0. The first-order valence-corrected chi connectivity index (χ1v) is 19.5. The van der Waals surface area contributed by atoms with Gasteiger partial charge >= 0.3 is 0 Å². The van der Waals surface area contributed by atoms with Crippen molar-refractivity contribution in [3.8, 4) is 33.8 Å². The SMILES string of the molecule is CC(=O)NCCc1ccc(OC2C=CC(C)CC2)cc1-c1cccc(F)c1.CC(=O)NCCc1ccc(OC2CCC(C)C(O)C2O)cc1-c1cccc(F)c1. The molecule has 2 aliphatic rings. The summed E-state index contributed by atoms with van der Waals surface area (Å²) in [6.45, 7) is 8.11. The monoisotopic (exact) mass is 768 g/mol. The van der Waals surface area contributed by atoms with Crippen LogP contribution in [0.5, 0.6) is 11.5 Å². The van der Waals surface area contributed by atoms with E-state index < -0.39 is 18.3 Å². The molecule has 0 radical (unpaired) electrons. The Hall–Kier alpha value is -5.06. The number of hydrogen-bond donors (Lipinski definition) is 4. The summed E-state index contributed by atoms with van der Waals surface area (Å²) in [5.74, 6) is 1.21. The van der Waals surface area contributed by atoms with E-state index in [1.54, 1.807) is 12.1 Å². The van der Waals surface area contributed by atoms with Crippen molar-refractivity contribution in [1.29, 1.82) is 0 Å². The van der Waals surface area contributed by atoms with Gasteiger partial charge in [-0.25, -0.2) is 8.78 Å². The maximum absolute atomic E-state index is 13.8. The first kappa shape index (κ1) is 42.1. The van der Waals surface area contributed by atoms with E-state index in [4.69, 9.17) is 9.47 Å². The third-order valence-electron chi connectivity index (χ3n) is 10.3. The van der Waals surface area contributed by atoms with Crippen molar-refractivity contribution in [2.24, 2.45) is 11.8 Å². The number of hydrogen-bond acceptors (Lipinski definition) is 6. The lowest BCUT2D eigenvalue weighted by molar-refractivity contribution is -0.119. The number of carbonyl (C=O) groups excluding carboxylic acids is 2. The lowest BCUT2D eigenvalue weighted by atomic mass is 9.84. The van der Waals surface area contributed by atoms with E-state index in [1.165, 1.54) is 38.1 Å². The van der Waals surface area contributed by atoms with E-state index in [2.05, 4.69) is 29.7 Å². The van der Waals surface area contributed by atoms with Gasteiger partial charge in [0, 0.05) is 26.9 Å². The molecule has 10 heteroatoms. The van der Waals surface area contributed by atoms with Crippen LogP contribution >= 0.6 is 0 Å². The average Bonchev–Trinajstić information content (AvgIpc) is 3.17. The number of amides is 2. The number of benzene rings is 4. The van der Waals surface area contributed by atoms with Crippen LogP contribution in [-0.2, 0) is 22.4 Å². The fourth-order valence-corrected chi connectivity index (χ4v) is 7.12. The summed E-state index contributed by atoms with van der Waals surface area (Å²) in [6, 6.07) is 24.4. The van der Waals surface area contributed by atoms with Crippen molar-refractivity contribution in [2.75, 3.05) is 13.1 Å². The van der Waals surface area contributed by atoms with Gasteiger partial charge in [0.1, 0.15) is 41.4 Å². The van der Waals surface area contributed by atoms with E-state index in [1.807, 2.05) is 55.5 Å². The number of rotatable bonds is 12. The molecule has 6 unspecified atom stereocenters. The third kappa shape index (κ3) is 12.2. The second-order valence-electron chi connectivity index (χ2n) is 14.9. The van der Waals surface area contributed by atoms with Gasteiger partial charge in [-0.15, -0.1) is 0 Å². The molecule has 298 valence electrons. The standard InChI is InChI=1S/C23H28FNO4.C23H26FNO2/c1-14-6-9-21(23(28)22(14)27)29-19-8-7-16(10-11-25-15(2)26)20(13-19)17-4-3-5-18(24)12-17;1-16-6-9-21(10-7-16)27-22-11-8-18(12-13-25-17(2)26)23(15-22)19-4-3-5-20(24)14-19/h3-5,7-8,12-14,21-23,27-28H,6,9-11H2,1-2H3,(H,25,26);3-6,8-9,11,14-16,21H,7,10,12-13H2,1-2H3,(H,25,26). The number of allylic oxidation sites excluding steroid dienone is 1. The summed E-state index contributed by atoms with van der Waals surface area (Å²) in [4.78, 5) is 22.3. The van der Waals surface area contributed by atoms with Gasteiger partial charge in [-0.1, -0.05) is 56.3 Å². The Kier molecular flexibility index (Phi) is 15.2. The summed E-state index contributed by atoms with van der Waals surface area (Å²) in [5, 5.41) is 26.1. The molecular weight excluding hydrogens is 715 g/mol. The molecule has 4 aromatic rings. The van der Waals surface area contributed by atoms with Crippen LogP contribution in [0.15, 0.2) is 97.1 Å². The Labute approximate surface area is 329 Å². The highest BCUT2D eigenvalue weighted by Gasteiger charge is 2.36. The van der Waals surface area contributed by atoms with Crippen molar-refractivity contribution in [3.05, 3.63) is 120 Å². The molecule has 1 fully saturated rings. The lowest BCUT2D eigenvalue weighted by Crippen LogP contribution is -2.48. The van der Waals surface area contributed by atoms with Crippen LogP contribution in [0.2, 0.25) is 0 Å². The molecule has 56 heavy (non-hydrogen) atoms. The quantitative estimate of drug-likeness (QED) is 0.109. The van der Waals surface area contributed by atoms with Crippen LogP contribution in [0.25, 0.3) is 22.3 Å². The summed E-state index contributed by atoms with van der Waals surface area (Å²) in [5.41, 5.74) is 5.28. The van der Waals surface area contributed by atoms with Crippen molar-refractivity contribution in [3.63, 3.8) is 0 Å². The van der Waals surface area contributed by atoms with Gasteiger partial charge < -0.3 is 30.3 Å². The third-order valence-corrected chi connectivity index (χ3v) is 10.3. The molecule has 0 bridgehead atoms. The number of nitrogens with one attached hydrogen (secondary N) is 2. The van der Waals surface area contributed by atoms with Crippen LogP contribution in [-0.4, -0.2) is 59.5 Å². The normalized spacial score (nSPS) is 21.6. The molecule has 2 aliphatic carbocycles. The van der Waals surface area contributed by atoms with Crippen molar-refractivity contribution < 1.29 is 38.1 Å². The molecule has 0 aromatic heterocycles. The van der Waals surface area contributed by atoms with Crippen molar-refractivity contribution in [1.82, 2.24) is 10.6 Å². The molecule has 6 rings (SSSR count). The van der Waals surface area contributed by atoms with Crippen LogP contribution in [0.3, 0.4) is 0 Å². The Morgan fingerprint density at radius 1 is 0.661 bits per heavy atom. The minimum atomic E-state index is -0.948. The molecule has 2 amide bonds. The number of ether oxygens (including phenoxy) is 2. The second-order valence-corrected chi connectivity index (χ2v) is 14.9. The number of aliphatic hydroxyl groups excluding tert-OH is 2. The maximum atomic E-state index is 13.8. The van der Waals surface area contributed by atoms with Gasteiger partial charge in [0.15, 0.2) is 0 Å². The highest BCUT2D eigenvalue weighted by atomic mass is 19.1. The van der Waals surface area contributed by atoms with Crippen LogP contribution in [0.4, 0.5) is 8.78 Å². The summed E-state index contributed by atoms with van der Waals surface area (Å²) in [6.07, 6.45) is 6.95. The van der Waals surface area contributed by atoms with E-state index in [9.17, 15) is 28.6 Å². The molecule has 6 atom stereocenters. The maximum Gasteiger partial charge on any atom is 0.216 e. The highest BCUT2D eigenvalue weighted by Crippen LogP contribution is 2.34. The lowest BCUT2D eigenvalue weighted by Gasteiger charge is -2.36.